The summed E-state index contributed by atoms with van der Waals surface area (Å²) in [5.74, 6) is 4.22. The fourth-order valence-corrected chi connectivity index (χ4v) is 1.93. The van der Waals surface area contributed by atoms with E-state index in [2.05, 4.69) is 18.9 Å². The second-order valence-electron chi connectivity index (χ2n) is 4.71. The number of hydrogen-bond acceptors (Lipinski definition) is 3. The molecule has 0 bridgehead atoms. The summed E-state index contributed by atoms with van der Waals surface area (Å²) >= 11 is 0. The quantitative estimate of drug-likeness (QED) is 0.556. The molecule has 0 aliphatic carbocycles. The van der Waals surface area contributed by atoms with Crippen LogP contribution in [0.2, 0.25) is 0 Å². The number of unbranched alkanes of at least 4 members (excludes halogenated alkanes) is 1. The van der Waals surface area contributed by atoms with E-state index in [1.165, 1.54) is 0 Å². The van der Waals surface area contributed by atoms with Gasteiger partial charge in [-0.2, -0.15) is 0 Å². The number of para-hydroxylation sites is 1. The summed E-state index contributed by atoms with van der Waals surface area (Å²) in [5, 5.41) is 0. The molecule has 1 aromatic rings. The van der Waals surface area contributed by atoms with Crippen LogP contribution in [0.4, 0.5) is 0 Å². The Balaban J connectivity index is 2.85. The molecule has 1 aromatic carbocycles. The van der Waals surface area contributed by atoms with Crippen molar-refractivity contribution in [1.82, 2.24) is 0 Å². The summed E-state index contributed by atoms with van der Waals surface area (Å²) in [7, 11) is 0. The number of benzene rings is 1. The molecule has 0 radical (unpaired) electrons. The lowest BCUT2D eigenvalue weighted by Gasteiger charge is -2.17. The molecule has 1 unspecified atom stereocenters. The molecule has 0 aromatic heterocycles. The van der Waals surface area contributed by atoms with Crippen LogP contribution in [0.5, 0.6) is 11.5 Å². The normalized spacial score (nSPS) is 11.7. The fourth-order valence-electron chi connectivity index (χ4n) is 1.93. The largest absolute Gasteiger partial charge is 0.490 e. The molecule has 0 amide bonds. The number of ether oxygens (including phenoxy) is 2. The Labute approximate surface area is 122 Å². The topological polar surface area (TPSA) is 44.5 Å². The maximum Gasteiger partial charge on any atom is 0.164 e. The molecular formula is C17H25NO2. The van der Waals surface area contributed by atoms with Gasteiger partial charge in [-0.3, -0.25) is 0 Å². The number of nitrogens with two attached hydrogens (primary N) is 1. The third-order valence-corrected chi connectivity index (χ3v) is 3.08. The van der Waals surface area contributed by atoms with Gasteiger partial charge in [-0.25, -0.2) is 0 Å². The van der Waals surface area contributed by atoms with Crippen molar-refractivity contribution in [2.75, 3.05) is 13.2 Å². The van der Waals surface area contributed by atoms with Crippen molar-refractivity contribution < 1.29 is 9.47 Å². The van der Waals surface area contributed by atoms with E-state index < -0.39 is 0 Å². The van der Waals surface area contributed by atoms with Crippen LogP contribution in [0.15, 0.2) is 18.2 Å². The van der Waals surface area contributed by atoms with E-state index in [0.717, 1.165) is 42.7 Å². The van der Waals surface area contributed by atoms with Crippen LogP contribution in [-0.4, -0.2) is 19.3 Å². The van der Waals surface area contributed by atoms with Crippen molar-refractivity contribution in [1.29, 1.82) is 0 Å². The molecule has 0 aliphatic heterocycles. The minimum atomic E-state index is 0.139. The highest BCUT2D eigenvalue weighted by Gasteiger charge is 2.13. The molecule has 3 heteroatoms. The molecule has 20 heavy (non-hydrogen) atoms. The summed E-state index contributed by atoms with van der Waals surface area (Å²) in [6, 6.07) is 6.10. The lowest BCUT2D eigenvalue weighted by molar-refractivity contribution is 0.271. The van der Waals surface area contributed by atoms with Gasteiger partial charge in [0.1, 0.15) is 0 Å². The highest BCUT2D eigenvalue weighted by molar-refractivity contribution is 5.47. The summed E-state index contributed by atoms with van der Waals surface area (Å²) in [6.07, 6.45) is 8.55. The van der Waals surface area contributed by atoms with E-state index >= 15 is 0 Å². The highest BCUT2D eigenvalue weighted by atomic mass is 16.5. The predicted molar refractivity (Wildman–Crippen MR) is 83.1 cm³/mol. The minimum absolute atomic E-state index is 0.139. The van der Waals surface area contributed by atoms with Gasteiger partial charge < -0.3 is 15.2 Å². The van der Waals surface area contributed by atoms with E-state index in [1.54, 1.807) is 0 Å². The van der Waals surface area contributed by atoms with Crippen LogP contribution in [0.3, 0.4) is 0 Å². The molecule has 0 heterocycles. The van der Waals surface area contributed by atoms with E-state index in [1.807, 2.05) is 19.1 Å². The first-order valence-corrected chi connectivity index (χ1v) is 7.29. The Morgan fingerprint density at radius 1 is 1.30 bits per heavy atom. The minimum Gasteiger partial charge on any atom is -0.490 e. The van der Waals surface area contributed by atoms with Crippen molar-refractivity contribution in [2.45, 2.75) is 45.6 Å². The third kappa shape index (κ3) is 5.14. The van der Waals surface area contributed by atoms with Gasteiger partial charge in [0.15, 0.2) is 11.5 Å². The predicted octanol–water partition coefficient (Wildman–Crippen LogP) is 3.16. The van der Waals surface area contributed by atoms with Crippen molar-refractivity contribution in [3.05, 3.63) is 23.8 Å². The Hall–Kier alpha value is -1.66. The first kappa shape index (κ1) is 16.4. The van der Waals surface area contributed by atoms with Gasteiger partial charge in [0.05, 0.1) is 13.2 Å². The van der Waals surface area contributed by atoms with E-state index in [9.17, 15) is 0 Å². The van der Waals surface area contributed by atoms with E-state index in [0.29, 0.717) is 13.2 Å². The van der Waals surface area contributed by atoms with Crippen LogP contribution in [-0.2, 0) is 6.42 Å². The van der Waals surface area contributed by atoms with Crippen LogP contribution in [0, 0.1) is 12.3 Å². The Morgan fingerprint density at radius 2 is 2.10 bits per heavy atom. The maximum absolute atomic E-state index is 6.05. The third-order valence-electron chi connectivity index (χ3n) is 3.08. The zero-order chi connectivity index (χ0) is 14.8. The molecule has 1 rings (SSSR count). The number of rotatable bonds is 9. The van der Waals surface area contributed by atoms with Gasteiger partial charge in [0.25, 0.3) is 0 Å². The van der Waals surface area contributed by atoms with Crippen LogP contribution >= 0.6 is 0 Å². The lowest BCUT2D eigenvalue weighted by atomic mass is 10.0. The van der Waals surface area contributed by atoms with Gasteiger partial charge in [-0.1, -0.05) is 19.1 Å². The fraction of sp³-hybridized carbons (Fsp3) is 0.529. The maximum atomic E-state index is 6.05. The zero-order valence-electron chi connectivity index (χ0n) is 12.5. The van der Waals surface area contributed by atoms with Crippen molar-refractivity contribution in [3.8, 4) is 23.8 Å². The van der Waals surface area contributed by atoms with Crippen molar-refractivity contribution >= 4 is 0 Å². The molecule has 110 valence electrons. The molecule has 0 saturated heterocycles. The average Bonchev–Trinajstić information content (AvgIpc) is 2.46. The standard InChI is InChI=1S/C17H25NO2/c1-4-7-8-12-20-17-14(13-15(18)5-2)10-9-11-16(17)19-6-3/h1,9-11,15H,5-8,12-13,18H2,2-3H3. The second kappa shape index (κ2) is 9.28. The number of hydrogen-bond donors (Lipinski definition) is 1. The second-order valence-corrected chi connectivity index (χ2v) is 4.71. The molecular weight excluding hydrogens is 250 g/mol. The van der Waals surface area contributed by atoms with Gasteiger partial charge in [0.2, 0.25) is 0 Å². The van der Waals surface area contributed by atoms with Gasteiger partial charge in [-0.15, -0.1) is 12.3 Å². The smallest absolute Gasteiger partial charge is 0.164 e. The monoisotopic (exact) mass is 275 g/mol. The van der Waals surface area contributed by atoms with Crippen LogP contribution < -0.4 is 15.2 Å². The lowest BCUT2D eigenvalue weighted by Crippen LogP contribution is -2.22. The molecule has 2 N–H and O–H groups in total. The van der Waals surface area contributed by atoms with Crippen LogP contribution in [0.25, 0.3) is 0 Å². The summed E-state index contributed by atoms with van der Waals surface area (Å²) < 4.78 is 11.5. The first-order chi connectivity index (χ1) is 9.72. The summed E-state index contributed by atoms with van der Waals surface area (Å²) in [6.45, 7) is 5.27. The molecule has 0 spiro atoms. The molecule has 1 atom stereocenters. The van der Waals surface area contributed by atoms with Crippen LogP contribution in [0.1, 0.15) is 38.7 Å². The SMILES string of the molecule is C#CCCCOc1c(CC(N)CC)cccc1OCC. The number of terminal acetylenes is 1. The highest BCUT2D eigenvalue weighted by Crippen LogP contribution is 2.32. The first-order valence-electron chi connectivity index (χ1n) is 7.29. The molecule has 0 aliphatic rings. The van der Waals surface area contributed by atoms with E-state index in [4.69, 9.17) is 21.6 Å². The average molecular weight is 275 g/mol. The van der Waals surface area contributed by atoms with Crippen molar-refractivity contribution in [2.24, 2.45) is 5.73 Å². The van der Waals surface area contributed by atoms with Gasteiger partial charge >= 0.3 is 0 Å². The van der Waals surface area contributed by atoms with Gasteiger partial charge in [0, 0.05) is 12.5 Å². The molecule has 0 saturated carbocycles. The summed E-state index contributed by atoms with van der Waals surface area (Å²) in [5.41, 5.74) is 7.15. The van der Waals surface area contributed by atoms with Gasteiger partial charge in [-0.05, 0) is 37.8 Å². The summed E-state index contributed by atoms with van der Waals surface area (Å²) in [4.78, 5) is 0. The molecule has 0 fully saturated rings. The Morgan fingerprint density at radius 3 is 2.75 bits per heavy atom. The van der Waals surface area contributed by atoms with E-state index in [-0.39, 0.29) is 6.04 Å². The molecule has 3 nitrogen and oxygen atoms in total. The Bertz CT molecular complexity index is 437. The Kier molecular flexibility index (Phi) is 7.60. The van der Waals surface area contributed by atoms with Crippen molar-refractivity contribution in [3.63, 3.8) is 0 Å². The zero-order valence-corrected chi connectivity index (χ0v) is 12.5.